The highest BCUT2D eigenvalue weighted by atomic mass is 19.4. The van der Waals surface area contributed by atoms with E-state index in [1.807, 2.05) is 0 Å². The van der Waals surface area contributed by atoms with E-state index in [4.69, 9.17) is 5.11 Å². The van der Waals surface area contributed by atoms with Crippen molar-refractivity contribution in [3.05, 3.63) is 35.7 Å². The van der Waals surface area contributed by atoms with Gasteiger partial charge in [0.05, 0.1) is 5.56 Å². The third-order valence-electron chi connectivity index (χ3n) is 2.24. The molecule has 1 aromatic carbocycles. The van der Waals surface area contributed by atoms with Gasteiger partial charge in [0.2, 0.25) is 11.7 Å². The molecule has 100 valence electrons. The Hall–Kier alpha value is -2.38. The van der Waals surface area contributed by atoms with Gasteiger partial charge in [-0.2, -0.15) is 18.2 Å². The molecule has 5 nitrogen and oxygen atoms in total. The normalized spacial score (nSPS) is 11.5. The van der Waals surface area contributed by atoms with Crippen molar-refractivity contribution in [2.45, 2.75) is 12.6 Å². The van der Waals surface area contributed by atoms with E-state index >= 15 is 0 Å². The number of rotatable bonds is 3. The van der Waals surface area contributed by atoms with Crippen molar-refractivity contribution in [3.63, 3.8) is 0 Å². The van der Waals surface area contributed by atoms with Crippen LogP contribution in [0.1, 0.15) is 11.5 Å². The molecule has 8 heteroatoms. The Morgan fingerprint density at radius 3 is 2.63 bits per heavy atom. The first-order valence-electron chi connectivity index (χ1n) is 5.09. The Morgan fingerprint density at radius 1 is 1.32 bits per heavy atom. The fraction of sp³-hybridized carbons (Fsp3) is 0.182. The molecule has 0 bridgehead atoms. The zero-order chi connectivity index (χ0) is 14.0. The quantitative estimate of drug-likeness (QED) is 0.928. The van der Waals surface area contributed by atoms with Gasteiger partial charge < -0.3 is 9.63 Å². The molecule has 2 aromatic rings. The zero-order valence-corrected chi connectivity index (χ0v) is 9.31. The van der Waals surface area contributed by atoms with Crippen LogP contribution in [0.2, 0.25) is 0 Å². The second-order valence-corrected chi connectivity index (χ2v) is 3.63. The molecule has 0 radical (unpaired) electrons. The molecule has 0 fully saturated rings. The van der Waals surface area contributed by atoms with E-state index in [0.29, 0.717) is 0 Å². The first kappa shape index (κ1) is 13.1. The number of hydrogen-bond donors (Lipinski definition) is 1. The summed E-state index contributed by atoms with van der Waals surface area (Å²) < 4.78 is 42.9. The molecule has 0 amide bonds. The summed E-state index contributed by atoms with van der Waals surface area (Å²) >= 11 is 0. The van der Waals surface area contributed by atoms with E-state index in [9.17, 15) is 18.0 Å². The molecule has 0 saturated heterocycles. The van der Waals surface area contributed by atoms with Crippen molar-refractivity contribution in [1.29, 1.82) is 0 Å². The van der Waals surface area contributed by atoms with Gasteiger partial charge in [0.1, 0.15) is 6.42 Å². The van der Waals surface area contributed by atoms with Gasteiger partial charge in [0.25, 0.3) is 0 Å². The number of halogens is 3. The maximum absolute atomic E-state index is 12.8. The fourth-order valence-corrected chi connectivity index (χ4v) is 1.49. The average molecular weight is 272 g/mol. The number of carbonyl (C=O) groups is 1. The van der Waals surface area contributed by atoms with Crippen molar-refractivity contribution in [1.82, 2.24) is 10.1 Å². The second-order valence-electron chi connectivity index (χ2n) is 3.63. The molecule has 0 spiro atoms. The zero-order valence-electron chi connectivity index (χ0n) is 9.31. The molecule has 0 aliphatic rings. The topological polar surface area (TPSA) is 76.2 Å². The highest BCUT2D eigenvalue weighted by Gasteiger charge is 2.34. The van der Waals surface area contributed by atoms with Gasteiger partial charge in [-0.3, -0.25) is 4.79 Å². The predicted molar refractivity (Wildman–Crippen MR) is 56.1 cm³/mol. The molecule has 1 N–H and O–H groups in total. The van der Waals surface area contributed by atoms with Crippen LogP contribution in [0.4, 0.5) is 13.2 Å². The smallest absolute Gasteiger partial charge is 0.417 e. The molecule has 2 rings (SSSR count). The summed E-state index contributed by atoms with van der Waals surface area (Å²) in [5, 5.41) is 11.9. The van der Waals surface area contributed by atoms with Gasteiger partial charge in [-0.05, 0) is 6.07 Å². The monoisotopic (exact) mass is 272 g/mol. The third-order valence-corrected chi connectivity index (χ3v) is 2.24. The molecule has 0 unspecified atom stereocenters. The highest BCUT2D eigenvalue weighted by Crippen LogP contribution is 2.35. The average Bonchev–Trinajstić information content (AvgIpc) is 2.75. The number of benzene rings is 1. The number of carboxylic acid groups (broad SMARTS) is 1. The summed E-state index contributed by atoms with van der Waals surface area (Å²) in [6.07, 6.45) is -5.09. The van der Waals surface area contributed by atoms with Gasteiger partial charge in [-0.15, -0.1) is 0 Å². The van der Waals surface area contributed by atoms with E-state index in [1.54, 1.807) is 0 Å². The summed E-state index contributed by atoms with van der Waals surface area (Å²) in [6.45, 7) is 0. The maximum Gasteiger partial charge on any atom is 0.417 e. The van der Waals surface area contributed by atoms with Gasteiger partial charge >= 0.3 is 12.1 Å². The van der Waals surface area contributed by atoms with Crippen LogP contribution < -0.4 is 0 Å². The van der Waals surface area contributed by atoms with Gasteiger partial charge in [0.15, 0.2) is 0 Å². The van der Waals surface area contributed by atoms with Crippen LogP contribution in [0.15, 0.2) is 28.8 Å². The van der Waals surface area contributed by atoms with Gasteiger partial charge in [0, 0.05) is 5.56 Å². The standard InChI is InChI=1S/C11H7F3N2O3/c12-11(13,14)7-4-2-1-3-6(7)10-15-8(19-16-10)5-9(17)18/h1-4H,5H2,(H,17,18). The van der Waals surface area contributed by atoms with Gasteiger partial charge in [-0.1, -0.05) is 23.4 Å². The lowest BCUT2D eigenvalue weighted by atomic mass is 10.1. The molecule has 0 aliphatic carbocycles. The van der Waals surface area contributed by atoms with Crippen LogP contribution in [0.5, 0.6) is 0 Å². The van der Waals surface area contributed by atoms with Crippen molar-refractivity contribution < 1.29 is 27.6 Å². The van der Waals surface area contributed by atoms with E-state index in [2.05, 4.69) is 14.7 Å². The lowest BCUT2D eigenvalue weighted by molar-refractivity contribution is -0.137. The predicted octanol–water partition coefficient (Wildman–Crippen LogP) is 2.38. The first-order valence-corrected chi connectivity index (χ1v) is 5.09. The molecular formula is C11H7F3N2O3. The Bertz CT molecular complexity index is 607. The third kappa shape index (κ3) is 2.90. The highest BCUT2D eigenvalue weighted by molar-refractivity contribution is 5.69. The van der Waals surface area contributed by atoms with Crippen LogP contribution in [0.3, 0.4) is 0 Å². The lowest BCUT2D eigenvalue weighted by Crippen LogP contribution is -2.07. The number of alkyl halides is 3. The summed E-state index contributed by atoms with van der Waals surface area (Å²) in [5.41, 5.74) is -1.16. The number of hydrogen-bond acceptors (Lipinski definition) is 4. The van der Waals surface area contributed by atoms with E-state index in [0.717, 1.165) is 6.07 Å². The largest absolute Gasteiger partial charge is 0.481 e. The van der Waals surface area contributed by atoms with Crippen LogP contribution in [0, 0.1) is 0 Å². The van der Waals surface area contributed by atoms with E-state index < -0.39 is 24.1 Å². The number of aromatic nitrogens is 2. The minimum Gasteiger partial charge on any atom is -0.481 e. The van der Waals surface area contributed by atoms with E-state index in [-0.39, 0.29) is 17.3 Å². The maximum atomic E-state index is 12.8. The van der Waals surface area contributed by atoms with Crippen molar-refractivity contribution in [3.8, 4) is 11.4 Å². The first-order chi connectivity index (χ1) is 8.88. The molecule has 0 atom stereocenters. The molecular weight excluding hydrogens is 265 g/mol. The van der Waals surface area contributed by atoms with Gasteiger partial charge in [-0.25, -0.2) is 0 Å². The molecule has 0 saturated carbocycles. The summed E-state index contributed by atoms with van der Waals surface area (Å²) in [7, 11) is 0. The van der Waals surface area contributed by atoms with Crippen LogP contribution >= 0.6 is 0 Å². The Kier molecular flexibility index (Phi) is 3.24. The van der Waals surface area contributed by atoms with Crippen molar-refractivity contribution in [2.75, 3.05) is 0 Å². The molecule has 19 heavy (non-hydrogen) atoms. The summed E-state index contributed by atoms with van der Waals surface area (Å²) in [6, 6.07) is 4.73. The minimum absolute atomic E-state index is 0.250. The molecule has 0 aliphatic heterocycles. The molecule has 1 aromatic heterocycles. The lowest BCUT2D eigenvalue weighted by Gasteiger charge is -2.09. The number of nitrogens with zero attached hydrogens (tertiary/aromatic N) is 2. The number of carboxylic acids is 1. The summed E-state index contributed by atoms with van der Waals surface area (Å²) in [4.78, 5) is 14.1. The van der Waals surface area contributed by atoms with Crippen LogP contribution in [-0.2, 0) is 17.4 Å². The minimum atomic E-state index is -4.55. The number of aliphatic carboxylic acids is 1. The SMILES string of the molecule is O=C(O)Cc1nc(-c2ccccc2C(F)(F)F)no1. The molecule has 1 heterocycles. The Labute approximate surface area is 104 Å². The van der Waals surface area contributed by atoms with Crippen molar-refractivity contribution in [2.24, 2.45) is 0 Å². The van der Waals surface area contributed by atoms with Crippen LogP contribution in [-0.4, -0.2) is 21.2 Å². The summed E-state index contributed by atoms with van der Waals surface area (Å²) in [5.74, 6) is -1.75. The van der Waals surface area contributed by atoms with Crippen LogP contribution in [0.25, 0.3) is 11.4 Å². The Morgan fingerprint density at radius 2 is 2.00 bits per heavy atom. The Balaban J connectivity index is 2.42. The van der Waals surface area contributed by atoms with E-state index in [1.165, 1.54) is 18.2 Å². The van der Waals surface area contributed by atoms with Crippen molar-refractivity contribution >= 4 is 5.97 Å². The fourth-order valence-electron chi connectivity index (χ4n) is 1.49. The second kappa shape index (κ2) is 4.71.